The van der Waals surface area contributed by atoms with Crippen LogP contribution in [0.4, 0.5) is 0 Å². The molecule has 4 N–H and O–H groups in total. The number of cyclic esters (lactones) is 1. The van der Waals surface area contributed by atoms with E-state index in [1.54, 1.807) is 6.92 Å². The summed E-state index contributed by atoms with van der Waals surface area (Å²) in [6, 6.07) is 0. The minimum Gasteiger partial charge on any atom is -0.471 e. The van der Waals surface area contributed by atoms with Gasteiger partial charge in [-0.2, -0.15) is 0 Å². The van der Waals surface area contributed by atoms with Gasteiger partial charge < -0.3 is 53.6 Å². The molecule has 0 aromatic heterocycles. The quantitative estimate of drug-likeness (QED) is 0.106. The van der Waals surface area contributed by atoms with Crippen molar-refractivity contribution in [2.75, 3.05) is 20.3 Å². The van der Waals surface area contributed by atoms with Gasteiger partial charge in [0.2, 0.25) is 6.29 Å². The number of carbonyl (C=O) groups is 4. The van der Waals surface area contributed by atoms with Crippen LogP contribution in [0.1, 0.15) is 19.8 Å². The lowest BCUT2D eigenvalue weighted by Gasteiger charge is -2.43. The van der Waals surface area contributed by atoms with Crippen LogP contribution in [0.3, 0.4) is 0 Å². The summed E-state index contributed by atoms with van der Waals surface area (Å²) in [4.78, 5) is 49.8. The summed E-state index contributed by atoms with van der Waals surface area (Å²) >= 11 is 0. The zero-order valence-corrected chi connectivity index (χ0v) is 22.6. The zero-order chi connectivity index (χ0) is 30.0. The van der Waals surface area contributed by atoms with Crippen molar-refractivity contribution in [3.8, 4) is 0 Å². The van der Waals surface area contributed by atoms with E-state index in [1.165, 1.54) is 13.2 Å². The highest BCUT2D eigenvalue weighted by atomic mass is 16.8. The molecular formula is C27H36O14. The second kappa shape index (κ2) is 13.0. The van der Waals surface area contributed by atoms with E-state index < -0.39 is 103 Å². The van der Waals surface area contributed by atoms with Crippen molar-refractivity contribution in [2.24, 2.45) is 35.5 Å². The molecule has 0 amide bonds. The van der Waals surface area contributed by atoms with Crippen LogP contribution in [0.2, 0.25) is 0 Å². The van der Waals surface area contributed by atoms with E-state index >= 15 is 0 Å². The highest BCUT2D eigenvalue weighted by Crippen LogP contribution is 2.47. The van der Waals surface area contributed by atoms with Gasteiger partial charge in [-0.3, -0.25) is 9.59 Å². The molecule has 0 aromatic carbocycles. The number of aliphatic hydroxyl groups excluding tert-OH is 4. The molecule has 1 saturated carbocycles. The number of ether oxygens (including phenoxy) is 6. The molecule has 228 valence electrons. The van der Waals surface area contributed by atoms with Gasteiger partial charge in [-0.25, -0.2) is 4.79 Å². The van der Waals surface area contributed by atoms with Gasteiger partial charge in [0, 0.05) is 24.2 Å². The van der Waals surface area contributed by atoms with Gasteiger partial charge in [-0.05, 0) is 12.3 Å². The van der Waals surface area contributed by atoms with Gasteiger partial charge in [0.1, 0.15) is 43.4 Å². The summed E-state index contributed by atoms with van der Waals surface area (Å²) in [5.41, 5.74) is 0.00446. The van der Waals surface area contributed by atoms with Gasteiger partial charge in [0.25, 0.3) is 0 Å². The van der Waals surface area contributed by atoms with Crippen LogP contribution in [0, 0.1) is 35.5 Å². The molecule has 0 spiro atoms. The number of hydrogen-bond acceptors (Lipinski definition) is 14. The first-order valence-corrected chi connectivity index (χ1v) is 13.4. The number of aliphatic hydroxyl groups is 4. The average molecular weight is 585 g/mol. The van der Waals surface area contributed by atoms with Gasteiger partial charge in [-0.15, -0.1) is 6.58 Å². The standard InChI is InChI=1S/C27H36O14/c1-4-12-13(5-6-28)15(10-38-26(12)41-27-22(32)21(31)20(30)18(8-29)40-27)24(34)39-17-7-14-16(23(33)36-3)9-37-25(35)19(14)11(17)2/h4,6,10-14,16-22,26-27,29-32H,1,5,7-9H2,2-3H3. The minimum atomic E-state index is -1.70. The first kappa shape index (κ1) is 31.1. The summed E-state index contributed by atoms with van der Waals surface area (Å²) in [6.07, 6.45) is -6.55. The monoisotopic (exact) mass is 584 g/mol. The van der Waals surface area contributed by atoms with Crippen molar-refractivity contribution in [3.63, 3.8) is 0 Å². The normalized spacial score (nSPS) is 42.1. The van der Waals surface area contributed by atoms with Crippen LogP contribution in [0.5, 0.6) is 0 Å². The Morgan fingerprint density at radius 3 is 2.54 bits per heavy atom. The third-order valence-corrected chi connectivity index (χ3v) is 8.56. The van der Waals surface area contributed by atoms with Crippen molar-refractivity contribution < 1.29 is 68.0 Å². The maximum Gasteiger partial charge on any atom is 0.337 e. The van der Waals surface area contributed by atoms with Gasteiger partial charge in [0.15, 0.2) is 6.29 Å². The van der Waals surface area contributed by atoms with Gasteiger partial charge in [-0.1, -0.05) is 13.0 Å². The smallest absolute Gasteiger partial charge is 0.337 e. The van der Waals surface area contributed by atoms with Crippen molar-refractivity contribution in [2.45, 2.75) is 62.9 Å². The Hall–Kier alpha value is -2.88. The second-order valence-corrected chi connectivity index (χ2v) is 10.7. The Bertz CT molecular complexity index is 1040. The Morgan fingerprint density at radius 2 is 1.90 bits per heavy atom. The molecule has 3 heterocycles. The molecule has 0 aromatic rings. The van der Waals surface area contributed by atoms with E-state index in [4.69, 9.17) is 28.4 Å². The number of esters is 3. The van der Waals surface area contributed by atoms with E-state index in [9.17, 15) is 39.6 Å². The molecule has 14 heteroatoms. The first-order valence-electron chi connectivity index (χ1n) is 13.4. The lowest BCUT2D eigenvalue weighted by atomic mass is 9.80. The Morgan fingerprint density at radius 1 is 1.17 bits per heavy atom. The van der Waals surface area contributed by atoms with E-state index in [2.05, 4.69) is 6.58 Å². The molecule has 3 fully saturated rings. The Labute approximate surface area is 235 Å². The molecule has 13 atom stereocenters. The van der Waals surface area contributed by atoms with Crippen LogP contribution in [0.25, 0.3) is 0 Å². The molecule has 4 aliphatic rings. The summed E-state index contributed by atoms with van der Waals surface area (Å²) in [5.74, 6) is -5.68. The number of aldehydes is 1. The molecule has 0 radical (unpaired) electrons. The van der Waals surface area contributed by atoms with Crippen LogP contribution in [0.15, 0.2) is 24.5 Å². The van der Waals surface area contributed by atoms with Crippen LogP contribution >= 0.6 is 0 Å². The summed E-state index contributed by atoms with van der Waals surface area (Å²) in [5, 5.41) is 39.9. The van der Waals surface area contributed by atoms with E-state index in [0.29, 0.717) is 6.29 Å². The molecule has 41 heavy (non-hydrogen) atoms. The number of hydrogen-bond donors (Lipinski definition) is 4. The Balaban J connectivity index is 1.50. The van der Waals surface area contributed by atoms with Crippen LogP contribution in [-0.4, -0.2) is 108 Å². The number of methoxy groups -OCH3 is 1. The number of fused-ring (bicyclic) bond motifs is 1. The third-order valence-electron chi connectivity index (χ3n) is 8.56. The van der Waals surface area contributed by atoms with Crippen LogP contribution in [-0.2, 0) is 47.6 Å². The second-order valence-electron chi connectivity index (χ2n) is 10.7. The molecule has 3 aliphatic heterocycles. The molecule has 4 rings (SSSR count). The first-order chi connectivity index (χ1) is 19.6. The number of carbonyl (C=O) groups excluding carboxylic acids is 4. The average Bonchev–Trinajstić information content (AvgIpc) is 3.29. The molecule has 0 bridgehead atoms. The highest BCUT2D eigenvalue weighted by Gasteiger charge is 2.55. The molecular weight excluding hydrogens is 548 g/mol. The SMILES string of the molecule is C=CC1C(OC2OC(CO)C(O)C(O)C2O)OC=C(C(=O)OC2CC3C(C(=O)OC)COC(=O)C3C2C)C1CC=O. The molecule has 1 aliphatic carbocycles. The van der Waals surface area contributed by atoms with Crippen molar-refractivity contribution in [1.29, 1.82) is 0 Å². The highest BCUT2D eigenvalue weighted by molar-refractivity contribution is 5.90. The zero-order valence-electron chi connectivity index (χ0n) is 22.6. The summed E-state index contributed by atoms with van der Waals surface area (Å²) in [6.45, 7) is 4.71. The van der Waals surface area contributed by atoms with Crippen molar-refractivity contribution in [3.05, 3.63) is 24.5 Å². The molecule has 2 saturated heterocycles. The van der Waals surface area contributed by atoms with E-state index in [1.807, 2.05) is 0 Å². The van der Waals surface area contributed by atoms with Crippen LogP contribution < -0.4 is 0 Å². The lowest BCUT2D eigenvalue weighted by molar-refractivity contribution is -0.339. The maximum atomic E-state index is 13.4. The fourth-order valence-corrected chi connectivity index (χ4v) is 6.21. The van der Waals surface area contributed by atoms with Crippen molar-refractivity contribution >= 4 is 24.2 Å². The molecule has 13 unspecified atom stereocenters. The molecule has 14 nitrogen and oxygen atoms in total. The largest absolute Gasteiger partial charge is 0.471 e. The summed E-state index contributed by atoms with van der Waals surface area (Å²) in [7, 11) is 1.25. The third kappa shape index (κ3) is 5.90. The van der Waals surface area contributed by atoms with Gasteiger partial charge >= 0.3 is 17.9 Å². The van der Waals surface area contributed by atoms with Gasteiger partial charge in [0.05, 0.1) is 37.4 Å². The number of rotatable bonds is 9. The van der Waals surface area contributed by atoms with E-state index in [0.717, 1.165) is 6.26 Å². The van der Waals surface area contributed by atoms with E-state index in [-0.39, 0.29) is 25.0 Å². The predicted octanol–water partition coefficient (Wildman–Crippen LogP) is -1.42. The fraction of sp³-hybridized carbons (Fsp3) is 0.704. The topological polar surface area (TPSA) is 205 Å². The predicted molar refractivity (Wildman–Crippen MR) is 133 cm³/mol. The minimum absolute atomic E-state index is 0.00446. The van der Waals surface area contributed by atoms with Crippen molar-refractivity contribution in [1.82, 2.24) is 0 Å². The maximum absolute atomic E-state index is 13.4. The lowest BCUT2D eigenvalue weighted by Crippen LogP contribution is -2.60. The Kier molecular flexibility index (Phi) is 9.82. The summed E-state index contributed by atoms with van der Waals surface area (Å²) < 4.78 is 32.6. The fourth-order valence-electron chi connectivity index (χ4n) is 6.21.